The van der Waals surface area contributed by atoms with Crippen LogP contribution in [-0.4, -0.2) is 29.9 Å². The van der Waals surface area contributed by atoms with Gasteiger partial charge in [0.1, 0.15) is 11.3 Å². The van der Waals surface area contributed by atoms with Gasteiger partial charge in [0.2, 0.25) is 0 Å². The van der Waals surface area contributed by atoms with Crippen molar-refractivity contribution in [3.63, 3.8) is 0 Å². The molecule has 10 rings (SSSR count). The van der Waals surface area contributed by atoms with Crippen LogP contribution in [0.2, 0.25) is 10.0 Å². The second-order valence-corrected chi connectivity index (χ2v) is 16.0. The Bertz CT molecular complexity index is 3640. The molecule has 6 aromatic heterocycles. The normalized spacial score (nSPS) is 11.5. The molecule has 62 heavy (non-hydrogen) atoms. The van der Waals surface area contributed by atoms with Crippen molar-refractivity contribution in [2.75, 3.05) is 0 Å². The number of nitrogens with one attached hydrogen (secondary N) is 2. The minimum atomic E-state index is -0.158. The molecule has 0 fully saturated rings. The van der Waals surface area contributed by atoms with Crippen LogP contribution in [0.15, 0.2) is 163 Å². The van der Waals surface area contributed by atoms with Gasteiger partial charge in [-0.2, -0.15) is 0 Å². The van der Waals surface area contributed by atoms with Crippen molar-refractivity contribution in [3.05, 3.63) is 195 Å². The number of rotatable bonds is 8. The smallest absolute Gasteiger partial charge is 0.194 e. The molecule has 298 valence electrons. The SMILES string of the molecule is C=CCc1c[nH]c2nc(-c3cccc(-c4cnc5c(Cl)cc(-c6c(-c7ccccc7)nc7[nH]ccc(=O)c7c6C(=C)C)cc5c4)c3)c(-c3cc(Cl)c4ncccc4c3)cc2c1=O. The number of benzene rings is 4. The van der Waals surface area contributed by atoms with E-state index in [4.69, 9.17) is 38.2 Å². The largest absolute Gasteiger partial charge is 0.346 e. The first kappa shape index (κ1) is 38.7. The summed E-state index contributed by atoms with van der Waals surface area (Å²) in [5, 5.41) is 3.52. The summed E-state index contributed by atoms with van der Waals surface area (Å²) in [6, 6.07) is 35.0. The lowest BCUT2D eigenvalue weighted by Crippen LogP contribution is -2.11. The van der Waals surface area contributed by atoms with Gasteiger partial charge in [-0.1, -0.05) is 90.5 Å². The first-order chi connectivity index (χ1) is 30.2. The lowest BCUT2D eigenvalue weighted by molar-refractivity contribution is 1.18. The Balaban J connectivity index is 1.16. The van der Waals surface area contributed by atoms with Crippen molar-refractivity contribution in [3.8, 4) is 55.9 Å². The minimum Gasteiger partial charge on any atom is -0.346 e. The molecule has 4 aromatic carbocycles. The molecule has 0 saturated heterocycles. The molecule has 0 amide bonds. The van der Waals surface area contributed by atoms with Crippen LogP contribution in [0.3, 0.4) is 0 Å². The van der Waals surface area contributed by atoms with E-state index in [-0.39, 0.29) is 10.9 Å². The van der Waals surface area contributed by atoms with Gasteiger partial charge in [-0.3, -0.25) is 19.6 Å². The zero-order valence-corrected chi connectivity index (χ0v) is 34.8. The zero-order chi connectivity index (χ0) is 42.6. The summed E-state index contributed by atoms with van der Waals surface area (Å²) in [5.41, 5.74) is 11.8. The third-order valence-electron chi connectivity index (χ3n) is 11.1. The molecule has 2 N–H and O–H groups in total. The van der Waals surface area contributed by atoms with E-state index in [1.54, 1.807) is 24.7 Å². The molecule has 0 radical (unpaired) electrons. The second-order valence-electron chi connectivity index (χ2n) is 15.2. The molecule has 8 nitrogen and oxygen atoms in total. The number of hydrogen-bond acceptors (Lipinski definition) is 6. The molecular weight excluding hydrogens is 812 g/mol. The van der Waals surface area contributed by atoms with E-state index in [0.717, 1.165) is 55.3 Å². The number of H-pyrrole nitrogens is 2. The molecule has 0 atom stereocenters. The summed E-state index contributed by atoms with van der Waals surface area (Å²) >= 11 is 13.9. The molecule has 0 spiro atoms. The van der Waals surface area contributed by atoms with Crippen molar-refractivity contribution < 1.29 is 0 Å². The van der Waals surface area contributed by atoms with Gasteiger partial charge in [-0.25, -0.2) is 9.97 Å². The van der Waals surface area contributed by atoms with E-state index < -0.39 is 0 Å². The van der Waals surface area contributed by atoms with Gasteiger partial charge in [0.15, 0.2) is 10.9 Å². The van der Waals surface area contributed by atoms with Crippen LogP contribution in [0.25, 0.3) is 105 Å². The topological polar surface area (TPSA) is 117 Å². The first-order valence-electron chi connectivity index (χ1n) is 19.8. The summed E-state index contributed by atoms with van der Waals surface area (Å²) in [6.45, 7) is 10.0. The highest BCUT2D eigenvalue weighted by Crippen LogP contribution is 2.43. The van der Waals surface area contributed by atoms with Gasteiger partial charge < -0.3 is 9.97 Å². The van der Waals surface area contributed by atoms with Gasteiger partial charge in [0.25, 0.3) is 0 Å². The Labute approximate surface area is 365 Å². The highest BCUT2D eigenvalue weighted by atomic mass is 35.5. The zero-order valence-electron chi connectivity index (χ0n) is 33.3. The lowest BCUT2D eigenvalue weighted by Gasteiger charge is -2.18. The fourth-order valence-corrected chi connectivity index (χ4v) is 8.87. The van der Waals surface area contributed by atoms with Gasteiger partial charge in [-0.15, -0.1) is 6.58 Å². The van der Waals surface area contributed by atoms with Crippen LogP contribution < -0.4 is 10.9 Å². The van der Waals surface area contributed by atoms with Crippen molar-refractivity contribution in [2.24, 2.45) is 0 Å². The number of pyridine rings is 6. The first-order valence-corrected chi connectivity index (χ1v) is 20.6. The Hall–Kier alpha value is -7.52. The van der Waals surface area contributed by atoms with E-state index in [1.165, 1.54) is 6.07 Å². The monoisotopic (exact) mass is 844 g/mol. The number of hydrogen-bond donors (Lipinski definition) is 2. The fourth-order valence-electron chi connectivity index (χ4n) is 8.32. The van der Waals surface area contributed by atoms with Gasteiger partial charge in [-0.05, 0) is 84.1 Å². The maximum absolute atomic E-state index is 13.7. The predicted molar refractivity (Wildman–Crippen MR) is 255 cm³/mol. The number of fused-ring (bicyclic) bond motifs is 4. The minimum absolute atomic E-state index is 0.112. The summed E-state index contributed by atoms with van der Waals surface area (Å²) in [4.78, 5) is 53.1. The summed E-state index contributed by atoms with van der Waals surface area (Å²) in [6.07, 6.45) is 8.96. The lowest BCUT2D eigenvalue weighted by atomic mass is 9.89. The van der Waals surface area contributed by atoms with Gasteiger partial charge >= 0.3 is 0 Å². The molecule has 6 heterocycles. The molecular formula is C52H34Cl2N6O2. The Morgan fingerprint density at radius 1 is 0.694 bits per heavy atom. The highest BCUT2D eigenvalue weighted by Gasteiger charge is 2.23. The van der Waals surface area contributed by atoms with E-state index >= 15 is 0 Å². The molecule has 10 aromatic rings. The second kappa shape index (κ2) is 15.5. The number of nitrogens with zero attached hydrogens (tertiary/aromatic N) is 4. The van der Waals surface area contributed by atoms with Crippen LogP contribution in [0.5, 0.6) is 0 Å². The molecule has 0 unspecified atom stereocenters. The molecule has 10 heteroatoms. The van der Waals surface area contributed by atoms with E-state index in [1.807, 2.05) is 104 Å². The standard InChI is InChI=1S/C52H34Cl2N6O2/c1-4-10-33-26-58-51-39(50(33)62)25-38(34-20-32-15-9-17-55-47(32)40(53)23-34)46(59-51)31-14-8-13-30(19-31)37-22-36-21-35(24-41(54)48(36)57-27-37)44-43(28(2)3)45-42(61)16-18-56-52(45)60-49(44)29-11-6-5-7-12-29/h4-9,11-27H,1-2,10H2,3H3,(H,56,60,61)(H,58,59,62). The van der Waals surface area contributed by atoms with E-state index in [2.05, 4.69) is 40.2 Å². The maximum atomic E-state index is 13.7. The molecule has 0 aliphatic heterocycles. The third kappa shape index (κ3) is 6.66. The van der Waals surface area contributed by atoms with Gasteiger partial charge in [0, 0.05) is 80.6 Å². The van der Waals surface area contributed by atoms with Crippen LogP contribution in [0, 0.1) is 0 Å². The van der Waals surface area contributed by atoms with Crippen LogP contribution in [0.1, 0.15) is 18.1 Å². The van der Waals surface area contributed by atoms with Crippen LogP contribution in [-0.2, 0) is 6.42 Å². The quantitative estimate of drug-likeness (QED) is 0.147. The fraction of sp³-hybridized carbons (Fsp3) is 0.0385. The number of allylic oxidation sites excluding steroid dienone is 2. The highest BCUT2D eigenvalue weighted by molar-refractivity contribution is 6.36. The van der Waals surface area contributed by atoms with Crippen molar-refractivity contribution in [1.29, 1.82) is 0 Å². The van der Waals surface area contributed by atoms with Crippen molar-refractivity contribution >= 4 is 72.6 Å². The molecule has 0 bridgehead atoms. The average molecular weight is 846 g/mol. The summed E-state index contributed by atoms with van der Waals surface area (Å²) in [7, 11) is 0. The number of halogens is 2. The third-order valence-corrected chi connectivity index (χ3v) is 11.7. The Morgan fingerprint density at radius 2 is 1.42 bits per heavy atom. The van der Waals surface area contributed by atoms with E-state index in [0.29, 0.717) is 77.7 Å². The molecule has 0 saturated carbocycles. The van der Waals surface area contributed by atoms with Crippen molar-refractivity contribution in [1.82, 2.24) is 29.9 Å². The average Bonchev–Trinajstić information content (AvgIpc) is 3.29. The predicted octanol–water partition coefficient (Wildman–Crippen LogP) is 12.7. The number of aromatic amines is 2. The molecule has 0 aliphatic carbocycles. The summed E-state index contributed by atoms with van der Waals surface area (Å²) < 4.78 is 0. The summed E-state index contributed by atoms with van der Waals surface area (Å²) in [5.74, 6) is 0. The van der Waals surface area contributed by atoms with Crippen LogP contribution in [0.4, 0.5) is 0 Å². The van der Waals surface area contributed by atoms with Crippen molar-refractivity contribution in [2.45, 2.75) is 13.3 Å². The Kier molecular flexibility index (Phi) is 9.67. The van der Waals surface area contributed by atoms with E-state index in [9.17, 15) is 9.59 Å². The van der Waals surface area contributed by atoms with Gasteiger partial charge in [0.05, 0.1) is 43.2 Å². The van der Waals surface area contributed by atoms with Crippen LogP contribution >= 0.6 is 23.2 Å². The number of aromatic nitrogens is 6. The maximum Gasteiger partial charge on any atom is 0.194 e. The Morgan fingerprint density at radius 3 is 2.23 bits per heavy atom. The molecule has 0 aliphatic rings.